The van der Waals surface area contributed by atoms with Gasteiger partial charge in [-0.3, -0.25) is 9.59 Å². The monoisotopic (exact) mass is 339 g/mol. The van der Waals surface area contributed by atoms with Crippen LogP contribution in [0.3, 0.4) is 0 Å². The predicted octanol–water partition coefficient (Wildman–Crippen LogP) is 2.87. The van der Waals surface area contributed by atoms with Crippen LogP contribution in [0.5, 0.6) is 5.75 Å². The first-order valence-electron chi connectivity index (χ1n) is 7.90. The molecule has 0 bridgehead atoms. The van der Waals surface area contributed by atoms with E-state index in [1.54, 1.807) is 13.2 Å². The largest absolute Gasteiger partial charge is 0.496 e. The minimum atomic E-state index is -0.328. The van der Waals surface area contributed by atoms with Gasteiger partial charge in [0.1, 0.15) is 5.75 Å². The highest BCUT2D eigenvalue weighted by atomic mass is 16.5. The SMILES string of the molecule is COc1ccccc1/C=N\NC(=O)CCC(=O)Nc1ccccc1C. The van der Waals surface area contributed by atoms with Crippen LogP contribution in [-0.4, -0.2) is 25.1 Å². The molecule has 0 heterocycles. The Balaban J connectivity index is 1.78. The van der Waals surface area contributed by atoms with E-state index in [-0.39, 0.29) is 24.7 Å². The first kappa shape index (κ1) is 18.2. The lowest BCUT2D eigenvalue weighted by Crippen LogP contribution is -2.20. The predicted molar refractivity (Wildman–Crippen MR) is 97.8 cm³/mol. The van der Waals surface area contributed by atoms with E-state index in [2.05, 4.69) is 15.8 Å². The fourth-order valence-corrected chi connectivity index (χ4v) is 2.16. The number of rotatable bonds is 7. The number of methoxy groups -OCH3 is 1. The number of anilines is 1. The molecule has 2 aromatic rings. The summed E-state index contributed by atoms with van der Waals surface area (Å²) in [6.07, 6.45) is 1.65. The molecular weight excluding hydrogens is 318 g/mol. The third kappa shape index (κ3) is 5.76. The summed E-state index contributed by atoms with van der Waals surface area (Å²) in [6, 6.07) is 14.8. The number of nitrogens with zero attached hydrogens (tertiary/aromatic N) is 1. The van der Waals surface area contributed by atoms with Gasteiger partial charge in [0.25, 0.3) is 0 Å². The second-order valence-corrected chi connectivity index (χ2v) is 5.40. The second kappa shape index (κ2) is 9.22. The van der Waals surface area contributed by atoms with E-state index in [0.29, 0.717) is 5.75 Å². The maximum Gasteiger partial charge on any atom is 0.240 e. The van der Waals surface area contributed by atoms with E-state index in [1.165, 1.54) is 6.21 Å². The Bertz CT molecular complexity index is 772. The fourth-order valence-electron chi connectivity index (χ4n) is 2.16. The van der Waals surface area contributed by atoms with Crippen LogP contribution in [-0.2, 0) is 9.59 Å². The summed E-state index contributed by atoms with van der Waals surface area (Å²) in [4.78, 5) is 23.7. The molecule has 0 saturated carbocycles. The first-order chi connectivity index (χ1) is 12.1. The van der Waals surface area contributed by atoms with Crippen molar-refractivity contribution in [1.82, 2.24) is 5.43 Å². The highest BCUT2D eigenvalue weighted by molar-refractivity contribution is 5.94. The summed E-state index contributed by atoms with van der Waals surface area (Å²) in [5, 5.41) is 6.68. The number of para-hydroxylation sites is 2. The number of carbonyl (C=O) groups excluding carboxylic acids is 2. The van der Waals surface area contributed by atoms with E-state index < -0.39 is 0 Å². The van der Waals surface area contributed by atoms with Crippen LogP contribution in [0.15, 0.2) is 53.6 Å². The normalized spacial score (nSPS) is 10.5. The molecule has 0 fully saturated rings. The van der Waals surface area contributed by atoms with Crippen LogP contribution < -0.4 is 15.5 Å². The van der Waals surface area contributed by atoms with Crippen molar-refractivity contribution in [2.45, 2.75) is 19.8 Å². The molecule has 130 valence electrons. The van der Waals surface area contributed by atoms with E-state index in [0.717, 1.165) is 16.8 Å². The van der Waals surface area contributed by atoms with Crippen molar-refractivity contribution in [3.8, 4) is 5.75 Å². The molecule has 2 aromatic carbocycles. The molecule has 6 nitrogen and oxygen atoms in total. The standard InChI is InChI=1S/C19H21N3O3/c1-14-7-3-5-9-16(14)21-18(23)11-12-19(24)22-20-13-15-8-4-6-10-17(15)25-2/h3-10,13H,11-12H2,1-2H3,(H,21,23)(H,22,24)/b20-13-. The van der Waals surface area contributed by atoms with Gasteiger partial charge in [0.2, 0.25) is 11.8 Å². The molecule has 0 aromatic heterocycles. The molecule has 25 heavy (non-hydrogen) atoms. The Labute approximate surface area is 146 Å². The molecule has 2 N–H and O–H groups in total. The van der Waals surface area contributed by atoms with E-state index in [4.69, 9.17) is 4.74 Å². The zero-order chi connectivity index (χ0) is 18.1. The summed E-state index contributed by atoms with van der Waals surface area (Å²) in [5.41, 5.74) is 4.89. The Morgan fingerprint density at radius 1 is 1.04 bits per heavy atom. The van der Waals surface area contributed by atoms with Crippen LogP contribution in [0, 0.1) is 6.92 Å². The molecule has 2 amide bonds. The van der Waals surface area contributed by atoms with Gasteiger partial charge < -0.3 is 10.1 Å². The van der Waals surface area contributed by atoms with Gasteiger partial charge >= 0.3 is 0 Å². The maximum atomic E-state index is 11.9. The second-order valence-electron chi connectivity index (χ2n) is 5.40. The van der Waals surface area contributed by atoms with E-state index in [1.807, 2.05) is 49.4 Å². The van der Waals surface area contributed by atoms with Gasteiger partial charge in [-0.25, -0.2) is 5.43 Å². The minimum Gasteiger partial charge on any atom is -0.496 e. The van der Waals surface area contributed by atoms with Crippen molar-refractivity contribution >= 4 is 23.7 Å². The minimum absolute atomic E-state index is 0.0565. The van der Waals surface area contributed by atoms with Gasteiger partial charge in [-0.15, -0.1) is 0 Å². The lowest BCUT2D eigenvalue weighted by molar-refractivity contribution is -0.124. The van der Waals surface area contributed by atoms with E-state index in [9.17, 15) is 9.59 Å². The number of amides is 2. The highest BCUT2D eigenvalue weighted by Crippen LogP contribution is 2.15. The van der Waals surface area contributed by atoms with E-state index >= 15 is 0 Å². The average Bonchev–Trinajstić information content (AvgIpc) is 2.62. The number of benzene rings is 2. The van der Waals surface area contributed by atoms with Crippen molar-refractivity contribution in [2.24, 2.45) is 5.10 Å². The van der Waals surface area contributed by atoms with Crippen molar-refractivity contribution < 1.29 is 14.3 Å². The van der Waals surface area contributed by atoms with Crippen LogP contribution >= 0.6 is 0 Å². The van der Waals surface area contributed by atoms with Gasteiger partial charge in [-0.1, -0.05) is 30.3 Å². The molecule has 0 atom stereocenters. The topological polar surface area (TPSA) is 79.8 Å². The Morgan fingerprint density at radius 2 is 1.72 bits per heavy atom. The number of hydrogen-bond donors (Lipinski definition) is 2. The third-order valence-corrected chi connectivity index (χ3v) is 3.53. The highest BCUT2D eigenvalue weighted by Gasteiger charge is 2.08. The van der Waals surface area contributed by atoms with Gasteiger partial charge in [-0.05, 0) is 30.7 Å². The number of carbonyl (C=O) groups is 2. The molecule has 0 aliphatic heterocycles. The lowest BCUT2D eigenvalue weighted by Gasteiger charge is -2.07. The Morgan fingerprint density at radius 3 is 2.48 bits per heavy atom. The van der Waals surface area contributed by atoms with Crippen molar-refractivity contribution in [1.29, 1.82) is 0 Å². The van der Waals surface area contributed by atoms with Gasteiger partial charge in [-0.2, -0.15) is 5.10 Å². The molecule has 0 aliphatic rings. The van der Waals surface area contributed by atoms with Gasteiger partial charge in [0.15, 0.2) is 0 Å². The number of nitrogens with one attached hydrogen (secondary N) is 2. The summed E-state index contributed by atoms with van der Waals surface area (Å²) in [7, 11) is 1.57. The number of aryl methyl sites for hydroxylation is 1. The van der Waals surface area contributed by atoms with Crippen LogP contribution in [0.1, 0.15) is 24.0 Å². The third-order valence-electron chi connectivity index (χ3n) is 3.53. The quantitative estimate of drug-likeness (QED) is 0.601. The number of ether oxygens (including phenoxy) is 1. The van der Waals surface area contributed by atoms with Crippen molar-refractivity contribution in [3.05, 3.63) is 59.7 Å². The molecule has 6 heteroatoms. The van der Waals surface area contributed by atoms with Crippen LogP contribution in [0.25, 0.3) is 0 Å². The molecule has 0 spiro atoms. The zero-order valence-electron chi connectivity index (χ0n) is 14.3. The summed E-state index contributed by atoms with van der Waals surface area (Å²) >= 11 is 0. The average molecular weight is 339 g/mol. The summed E-state index contributed by atoms with van der Waals surface area (Å²) in [5.74, 6) is 0.127. The van der Waals surface area contributed by atoms with Gasteiger partial charge in [0, 0.05) is 24.1 Å². The van der Waals surface area contributed by atoms with Crippen LogP contribution in [0.2, 0.25) is 0 Å². The maximum absolute atomic E-state index is 11.9. The zero-order valence-corrected chi connectivity index (χ0v) is 14.3. The molecule has 0 radical (unpaired) electrons. The molecule has 0 unspecified atom stereocenters. The summed E-state index contributed by atoms with van der Waals surface area (Å²) in [6.45, 7) is 1.91. The Kier molecular flexibility index (Phi) is 6.71. The number of hydrogen-bond acceptors (Lipinski definition) is 4. The van der Waals surface area contributed by atoms with Crippen molar-refractivity contribution in [2.75, 3.05) is 12.4 Å². The lowest BCUT2D eigenvalue weighted by atomic mass is 10.2. The molecule has 2 rings (SSSR count). The summed E-state index contributed by atoms with van der Waals surface area (Å²) < 4.78 is 5.19. The Hall–Kier alpha value is -3.15. The molecule has 0 saturated heterocycles. The smallest absolute Gasteiger partial charge is 0.240 e. The van der Waals surface area contributed by atoms with Gasteiger partial charge in [0.05, 0.1) is 13.3 Å². The molecular formula is C19H21N3O3. The molecule has 0 aliphatic carbocycles. The fraction of sp³-hybridized carbons (Fsp3) is 0.211. The first-order valence-corrected chi connectivity index (χ1v) is 7.90. The van der Waals surface area contributed by atoms with Crippen molar-refractivity contribution in [3.63, 3.8) is 0 Å². The van der Waals surface area contributed by atoms with Crippen LogP contribution in [0.4, 0.5) is 5.69 Å². The number of hydrazone groups is 1.